The van der Waals surface area contributed by atoms with E-state index in [9.17, 15) is 4.39 Å². The SMILES string of the molecule is CC1(C)c2c(F)cccc2CCC1N. The first-order valence-corrected chi connectivity index (χ1v) is 5.07. The third-order valence-corrected chi connectivity index (χ3v) is 3.40. The summed E-state index contributed by atoms with van der Waals surface area (Å²) in [5.74, 6) is -0.109. The molecule has 1 unspecified atom stereocenters. The lowest BCUT2D eigenvalue weighted by Crippen LogP contribution is -2.45. The quantitative estimate of drug-likeness (QED) is 0.672. The molecule has 0 saturated carbocycles. The Balaban J connectivity index is 2.61. The lowest BCUT2D eigenvalue weighted by Gasteiger charge is -2.38. The highest BCUT2D eigenvalue weighted by atomic mass is 19.1. The summed E-state index contributed by atoms with van der Waals surface area (Å²) in [7, 11) is 0. The van der Waals surface area contributed by atoms with E-state index in [0.29, 0.717) is 0 Å². The molecule has 0 spiro atoms. The van der Waals surface area contributed by atoms with Crippen molar-refractivity contribution in [3.63, 3.8) is 0 Å². The zero-order valence-electron chi connectivity index (χ0n) is 8.68. The van der Waals surface area contributed by atoms with E-state index in [1.807, 2.05) is 19.9 Å². The van der Waals surface area contributed by atoms with Crippen molar-refractivity contribution < 1.29 is 4.39 Å². The Morgan fingerprint density at radius 2 is 2.14 bits per heavy atom. The Kier molecular flexibility index (Phi) is 2.11. The number of aryl methyl sites for hydroxylation is 1. The van der Waals surface area contributed by atoms with Crippen LogP contribution in [0.25, 0.3) is 0 Å². The van der Waals surface area contributed by atoms with Gasteiger partial charge < -0.3 is 5.73 Å². The van der Waals surface area contributed by atoms with Crippen LogP contribution in [0.1, 0.15) is 31.4 Å². The fourth-order valence-corrected chi connectivity index (χ4v) is 2.36. The van der Waals surface area contributed by atoms with E-state index in [2.05, 4.69) is 0 Å². The molecule has 0 aromatic heterocycles. The van der Waals surface area contributed by atoms with Gasteiger partial charge >= 0.3 is 0 Å². The monoisotopic (exact) mass is 193 g/mol. The number of halogens is 1. The van der Waals surface area contributed by atoms with Crippen LogP contribution in [0.2, 0.25) is 0 Å². The molecule has 0 heterocycles. The van der Waals surface area contributed by atoms with Crippen LogP contribution in [0.4, 0.5) is 4.39 Å². The molecule has 1 aliphatic carbocycles. The minimum Gasteiger partial charge on any atom is -0.327 e. The van der Waals surface area contributed by atoms with Gasteiger partial charge in [-0.1, -0.05) is 26.0 Å². The van der Waals surface area contributed by atoms with E-state index < -0.39 is 0 Å². The number of nitrogens with two attached hydrogens (primary N) is 1. The topological polar surface area (TPSA) is 26.0 Å². The first-order chi connectivity index (χ1) is 6.53. The molecule has 2 rings (SSSR count). The molecule has 0 aliphatic heterocycles. The molecule has 1 aromatic rings. The van der Waals surface area contributed by atoms with Gasteiger partial charge in [-0.25, -0.2) is 4.39 Å². The fourth-order valence-electron chi connectivity index (χ4n) is 2.36. The number of fused-ring (bicyclic) bond motifs is 1. The molecule has 1 atom stereocenters. The van der Waals surface area contributed by atoms with E-state index in [4.69, 9.17) is 5.73 Å². The Labute approximate surface area is 84.1 Å². The van der Waals surface area contributed by atoms with Crippen molar-refractivity contribution in [3.8, 4) is 0 Å². The van der Waals surface area contributed by atoms with Crippen LogP contribution in [0.3, 0.4) is 0 Å². The summed E-state index contributed by atoms with van der Waals surface area (Å²) in [6, 6.07) is 5.37. The molecule has 2 N–H and O–H groups in total. The zero-order valence-corrected chi connectivity index (χ0v) is 8.68. The second-order valence-corrected chi connectivity index (χ2v) is 4.64. The van der Waals surface area contributed by atoms with Gasteiger partial charge in [-0.15, -0.1) is 0 Å². The molecule has 14 heavy (non-hydrogen) atoms. The van der Waals surface area contributed by atoms with E-state index in [0.717, 1.165) is 24.0 Å². The average molecular weight is 193 g/mol. The molecule has 0 amide bonds. The van der Waals surface area contributed by atoms with E-state index in [-0.39, 0.29) is 17.3 Å². The Bertz CT molecular complexity index is 357. The molecule has 0 radical (unpaired) electrons. The Morgan fingerprint density at radius 3 is 2.86 bits per heavy atom. The van der Waals surface area contributed by atoms with Crippen LogP contribution in [-0.2, 0) is 11.8 Å². The molecule has 1 nitrogen and oxygen atoms in total. The van der Waals surface area contributed by atoms with Gasteiger partial charge in [0, 0.05) is 11.5 Å². The van der Waals surface area contributed by atoms with E-state index in [1.54, 1.807) is 6.07 Å². The lowest BCUT2D eigenvalue weighted by atomic mass is 9.69. The second-order valence-electron chi connectivity index (χ2n) is 4.64. The highest BCUT2D eigenvalue weighted by Gasteiger charge is 2.36. The number of rotatable bonds is 0. The van der Waals surface area contributed by atoms with Gasteiger partial charge in [-0.05, 0) is 30.0 Å². The van der Waals surface area contributed by atoms with Crippen molar-refractivity contribution >= 4 is 0 Å². The van der Waals surface area contributed by atoms with Gasteiger partial charge in [-0.3, -0.25) is 0 Å². The van der Waals surface area contributed by atoms with E-state index >= 15 is 0 Å². The van der Waals surface area contributed by atoms with Crippen molar-refractivity contribution in [2.24, 2.45) is 5.73 Å². The van der Waals surface area contributed by atoms with Crippen LogP contribution in [-0.4, -0.2) is 6.04 Å². The van der Waals surface area contributed by atoms with Crippen molar-refractivity contribution in [1.29, 1.82) is 0 Å². The summed E-state index contributed by atoms with van der Waals surface area (Å²) >= 11 is 0. The Morgan fingerprint density at radius 1 is 1.43 bits per heavy atom. The van der Waals surface area contributed by atoms with Crippen LogP contribution >= 0.6 is 0 Å². The molecular formula is C12H16FN. The minimum atomic E-state index is -0.237. The molecule has 1 aliphatic rings. The fraction of sp³-hybridized carbons (Fsp3) is 0.500. The van der Waals surface area contributed by atoms with Gasteiger partial charge in [0.05, 0.1) is 0 Å². The summed E-state index contributed by atoms with van der Waals surface area (Å²) in [6.45, 7) is 4.05. The molecule has 1 aromatic carbocycles. The van der Waals surface area contributed by atoms with Crippen molar-refractivity contribution in [3.05, 3.63) is 35.1 Å². The normalized spacial score (nSPS) is 24.4. The average Bonchev–Trinajstić information content (AvgIpc) is 2.11. The maximum atomic E-state index is 13.7. The molecule has 2 heteroatoms. The maximum absolute atomic E-state index is 13.7. The number of hydrogen-bond donors (Lipinski definition) is 1. The predicted octanol–water partition coefficient (Wildman–Crippen LogP) is 2.38. The summed E-state index contributed by atoms with van der Waals surface area (Å²) < 4.78 is 13.7. The summed E-state index contributed by atoms with van der Waals surface area (Å²) in [4.78, 5) is 0. The van der Waals surface area contributed by atoms with Crippen LogP contribution < -0.4 is 5.73 Å². The van der Waals surface area contributed by atoms with E-state index in [1.165, 1.54) is 6.07 Å². The first-order valence-electron chi connectivity index (χ1n) is 5.07. The zero-order chi connectivity index (χ0) is 10.3. The van der Waals surface area contributed by atoms with Crippen LogP contribution in [0, 0.1) is 5.82 Å². The predicted molar refractivity (Wildman–Crippen MR) is 55.7 cm³/mol. The number of hydrogen-bond acceptors (Lipinski definition) is 1. The van der Waals surface area contributed by atoms with Crippen LogP contribution in [0.5, 0.6) is 0 Å². The molecule has 0 fully saturated rings. The lowest BCUT2D eigenvalue weighted by molar-refractivity contribution is 0.348. The maximum Gasteiger partial charge on any atom is 0.127 e. The molecular weight excluding hydrogens is 177 g/mol. The van der Waals surface area contributed by atoms with Crippen molar-refractivity contribution in [2.45, 2.75) is 38.1 Å². The molecule has 76 valence electrons. The molecule has 0 saturated heterocycles. The summed E-state index contributed by atoms with van der Waals surface area (Å²) in [6.07, 6.45) is 1.85. The van der Waals surface area contributed by atoms with Gasteiger partial charge in [0.2, 0.25) is 0 Å². The van der Waals surface area contributed by atoms with Gasteiger partial charge in [-0.2, -0.15) is 0 Å². The standard InChI is InChI=1S/C12H16FN/c1-12(2)10(14)7-6-8-4-3-5-9(13)11(8)12/h3-5,10H,6-7,14H2,1-2H3. The highest BCUT2D eigenvalue weighted by Crippen LogP contribution is 2.37. The third-order valence-electron chi connectivity index (χ3n) is 3.40. The highest BCUT2D eigenvalue weighted by molar-refractivity contribution is 5.38. The number of benzene rings is 1. The van der Waals surface area contributed by atoms with Crippen LogP contribution in [0.15, 0.2) is 18.2 Å². The van der Waals surface area contributed by atoms with Gasteiger partial charge in [0.15, 0.2) is 0 Å². The third kappa shape index (κ3) is 1.25. The molecule has 0 bridgehead atoms. The Hall–Kier alpha value is -0.890. The van der Waals surface area contributed by atoms with Gasteiger partial charge in [0.1, 0.15) is 5.82 Å². The summed E-state index contributed by atoms with van der Waals surface area (Å²) in [5, 5.41) is 0. The first kappa shape index (κ1) is 9.66. The van der Waals surface area contributed by atoms with Gasteiger partial charge in [0.25, 0.3) is 0 Å². The van der Waals surface area contributed by atoms with Crippen molar-refractivity contribution in [1.82, 2.24) is 0 Å². The smallest absolute Gasteiger partial charge is 0.127 e. The summed E-state index contributed by atoms with van der Waals surface area (Å²) in [5.41, 5.74) is 7.73. The van der Waals surface area contributed by atoms with Crippen molar-refractivity contribution in [2.75, 3.05) is 0 Å². The minimum absolute atomic E-state index is 0.0619. The largest absolute Gasteiger partial charge is 0.327 e. The second kappa shape index (κ2) is 3.06.